The number of aryl methyl sites for hydroxylation is 3. The lowest BCUT2D eigenvalue weighted by molar-refractivity contribution is -0.135. The van der Waals surface area contributed by atoms with E-state index >= 15 is 0 Å². The smallest absolute Gasteiger partial charge is 0.226 e. The van der Waals surface area contributed by atoms with Crippen LogP contribution in [0.1, 0.15) is 28.8 Å². The Labute approximate surface area is 183 Å². The van der Waals surface area contributed by atoms with Gasteiger partial charge in [-0.25, -0.2) is 0 Å². The van der Waals surface area contributed by atoms with Gasteiger partial charge in [0.25, 0.3) is 0 Å². The Bertz CT molecular complexity index is 1050. The number of para-hydroxylation sites is 1. The Morgan fingerprint density at radius 3 is 2.45 bits per heavy atom. The largest absolute Gasteiger partial charge is 0.439 e. The number of hydrogen-bond acceptors (Lipinski definition) is 4. The SMILES string of the molecule is Cc1ccc(Oc2c(CCC(=O)N3CCOCC3)c(C)nn2-c2ccccc2C)cc1. The first-order chi connectivity index (χ1) is 15.0. The molecule has 0 N–H and O–H groups in total. The molecule has 4 rings (SSSR count). The Kier molecular flexibility index (Phi) is 6.37. The van der Waals surface area contributed by atoms with Gasteiger partial charge in [-0.2, -0.15) is 9.78 Å². The van der Waals surface area contributed by atoms with E-state index in [1.807, 2.05) is 65.9 Å². The van der Waals surface area contributed by atoms with Crippen LogP contribution in [0.3, 0.4) is 0 Å². The molecule has 3 aromatic rings. The van der Waals surface area contributed by atoms with E-state index in [0.717, 1.165) is 28.3 Å². The van der Waals surface area contributed by atoms with Gasteiger partial charge in [-0.05, 0) is 51.0 Å². The third-order valence-electron chi connectivity index (χ3n) is 5.67. The van der Waals surface area contributed by atoms with Crippen LogP contribution in [0.2, 0.25) is 0 Å². The van der Waals surface area contributed by atoms with Gasteiger partial charge in [0.15, 0.2) is 0 Å². The van der Waals surface area contributed by atoms with E-state index < -0.39 is 0 Å². The topological polar surface area (TPSA) is 56.6 Å². The lowest BCUT2D eigenvalue weighted by Crippen LogP contribution is -2.40. The zero-order chi connectivity index (χ0) is 21.8. The van der Waals surface area contributed by atoms with Crippen LogP contribution in [0.15, 0.2) is 48.5 Å². The maximum absolute atomic E-state index is 12.7. The summed E-state index contributed by atoms with van der Waals surface area (Å²) in [6.45, 7) is 8.62. The number of nitrogens with zero attached hydrogens (tertiary/aromatic N) is 3. The fraction of sp³-hybridized carbons (Fsp3) is 0.360. The number of carbonyl (C=O) groups is 1. The van der Waals surface area contributed by atoms with Crippen LogP contribution in [0, 0.1) is 20.8 Å². The van der Waals surface area contributed by atoms with Crippen LogP contribution in [-0.2, 0) is 16.0 Å². The summed E-state index contributed by atoms with van der Waals surface area (Å²) in [5.74, 6) is 1.57. The quantitative estimate of drug-likeness (QED) is 0.595. The van der Waals surface area contributed by atoms with Crippen LogP contribution < -0.4 is 4.74 Å². The van der Waals surface area contributed by atoms with Crippen LogP contribution in [-0.4, -0.2) is 46.9 Å². The van der Waals surface area contributed by atoms with Gasteiger partial charge in [0.2, 0.25) is 11.8 Å². The molecule has 0 atom stereocenters. The van der Waals surface area contributed by atoms with Gasteiger partial charge in [-0.15, -0.1) is 0 Å². The fourth-order valence-electron chi connectivity index (χ4n) is 3.82. The van der Waals surface area contributed by atoms with Crippen LogP contribution in [0.25, 0.3) is 5.69 Å². The van der Waals surface area contributed by atoms with Gasteiger partial charge in [-0.3, -0.25) is 4.79 Å². The second-order valence-electron chi connectivity index (χ2n) is 7.98. The summed E-state index contributed by atoms with van der Waals surface area (Å²) in [7, 11) is 0. The molecule has 6 nitrogen and oxygen atoms in total. The molecule has 0 radical (unpaired) electrons. The van der Waals surface area contributed by atoms with E-state index in [9.17, 15) is 4.79 Å². The van der Waals surface area contributed by atoms with Crippen molar-refractivity contribution in [2.24, 2.45) is 0 Å². The minimum Gasteiger partial charge on any atom is -0.439 e. The molecule has 1 fully saturated rings. The number of amides is 1. The number of benzene rings is 2. The molecule has 1 amide bonds. The number of ether oxygens (including phenoxy) is 2. The minimum atomic E-state index is 0.146. The van der Waals surface area contributed by atoms with E-state index in [1.54, 1.807) is 0 Å². The summed E-state index contributed by atoms with van der Waals surface area (Å²) in [6.07, 6.45) is 1.000. The molecule has 1 aliphatic heterocycles. The Balaban J connectivity index is 1.65. The van der Waals surface area contributed by atoms with Gasteiger partial charge < -0.3 is 14.4 Å². The molecule has 0 unspecified atom stereocenters. The summed E-state index contributed by atoms with van der Waals surface area (Å²) in [5.41, 5.74) is 5.09. The minimum absolute atomic E-state index is 0.146. The fourth-order valence-corrected chi connectivity index (χ4v) is 3.82. The first-order valence-electron chi connectivity index (χ1n) is 10.8. The summed E-state index contributed by atoms with van der Waals surface area (Å²) in [5, 5.41) is 4.79. The molecule has 1 aromatic heterocycles. The second kappa shape index (κ2) is 9.35. The zero-order valence-corrected chi connectivity index (χ0v) is 18.4. The Morgan fingerprint density at radius 1 is 1.03 bits per heavy atom. The van der Waals surface area contributed by atoms with Crippen LogP contribution in [0.4, 0.5) is 0 Å². The average molecular weight is 420 g/mol. The standard InChI is InChI=1S/C25H29N3O3/c1-18-8-10-21(11-9-18)31-25-22(12-13-24(29)27-14-16-30-17-15-27)20(3)26-28(25)23-7-5-4-6-19(23)2/h4-11H,12-17H2,1-3H3. The maximum Gasteiger partial charge on any atom is 0.226 e. The molecule has 2 heterocycles. The van der Waals surface area contributed by atoms with Gasteiger partial charge in [0, 0.05) is 25.1 Å². The van der Waals surface area contributed by atoms with Crippen molar-refractivity contribution in [1.29, 1.82) is 0 Å². The summed E-state index contributed by atoms with van der Waals surface area (Å²) in [6, 6.07) is 16.1. The monoisotopic (exact) mass is 419 g/mol. The molecule has 6 heteroatoms. The van der Waals surface area contributed by atoms with Gasteiger partial charge >= 0.3 is 0 Å². The summed E-state index contributed by atoms with van der Waals surface area (Å²) in [4.78, 5) is 14.6. The zero-order valence-electron chi connectivity index (χ0n) is 18.4. The molecule has 0 aliphatic carbocycles. The normalized spacial score (nSPS) is 14.0. The van der Waals surface area contributed by atoms with Crippen molar-refractivity contribution in [3.63, 3.8) is 0 Å². The highest BCUT2D eigenvalue weighted by Crippen LogP contribution is 2.32. The highest BCUT2D eigenvalue weighted by atomic mass is 16.5. The predicted octanol–water partition coefficient (Wildman–Crippen LogP) is 4.38. The van der Waals surface area contributed by atoms with E-state index in [-0.39, 0.29) is 5.91 Å². The van der Waals surface area contributed by atoms with Crippen molar-refractivity contribution in [2.45, 2.75) is 33.6 Å². The lowest BCUT2D eigenvalue weighted by Gasteiger charge is -2.26. The van der Waals surface area contributed by atoms with Gasteiger partial charge in [0.1, 0.15) is 5.75 Å². The molecular formula is C25H29N3O3. The van der Waals surface area contributed by atoms with E-state index in [1.165, 1.54) is 5.56 Å². The Morgan fingerprint density at radius 2 is 1.74 bits per heavy atom. The molecule has 0 spiro atoms. The van der Waals surface area contributed by atoms with Crippen molar-refractivity contribution in [3.8, 4) is 17.3 Å². The van der Waals surface area contributed by atoms with E-state index in [4.69, 9.17) is 14.6 Å². The van der Waals surface area contributed by atoms with Gasteiger partial charge in [-0.1, -0.05) is 35.9 Å². The number of rotatable bonds is 6. The molecule has 0 bridgehead atoms. The molecular weight excluding hydrogens is 390 g/mol. The number of aromatic nitrogens is 2. The van der Waals surface area contributed by atoms with Gasteiger partial charge in [0.05, 0.1) is 24.6 Å². The number of carbonyl (C=O) groups excluding carboxylic acids is 1. The molecule has 2 aromatic carbocycles. The Hall–Kier alpha value is -3.12. The van der Waals surface area contributed by atoms with Crippen molar-refractivity contribution >= 4 is 5.91 Å². The number of morpholine rings is 1. The molecule has 1 aliphatic rings. The molecule has 162 valence electrons. The number of hydrogen-bond donors (Lipinski definition) is 0. The maximum atomic E-state index is 12.7. The van der Waals surface area contributed by atoms with Crippen LogP contribution >= 0.6 is 0 Å². The molecule has 1 saturated heterocycles. The predicted molar refractivity (Wildman–Crippen MR) is 120 cm³/mol. The molecule has 31 heavy (non-hydrogen) atoms. The third-order valence-corrected chi connectivity index (χ3v) is 5.67. The molecule has 0 saturated carbocycles. The van der Waals surface area contributed by atoms with E-state index in [2.05, 4.69) is 13.0 Å². The highest BCUT2D eigenvalue weighted by Gasteiger charge is 2.22. The lowest BCUT2D eigenvalue weighted by atomic mass is 10.1. The van der Waals surface area contributed by atoms with E-state index in [0.29, 0.717) is 45.0 Å². The first kappa shape index (κ1) is 21.1. The summed E-state index contributed by atoms with van der Waals surface area (Å²) >= 11 is 0. The second-order valence-corrected chi connectivity index (χ2v) is 7.98. The average Bonchev–Trinajstić information content (AvgIpc) is 3.09. The van der Waals surface area contributed by atoms with Crippen molar-refractivity contribution in [1.82, 2.24) is 14.7 Å². The van der Waals surface area contributed by atoms with Crippen LogP contribution in [0.5, 0.6) is 11.6 Å². The highest BCUT2D eigenvalue weighted by molar-refractivity contribution is 5.76. The van der Waals surface area contributed by atoms with Crippen molar-refractivity contribution < 1.29 is 14.3 Å². The first-order valence-corrected chi connectivity index (χ1v) is 10.8. The van der Waals surface area contributed by atoms with Crippen molar-refractivity contribution in [3.05, 3.63) is 70.9 Å². The summed E-state index contributed by atoms with van der Waals surface area (Å²) < 4.78 is 13.6. The third kappa shape index (κ3) is 4.80. The van der Waals surface area contributed by atoms with Crippen molar-refractivity contribution in [2.75, 3.05) is 26.3 Å².